The second-order valence-corrected chi connectivity index (χ2v) is 7.22. The standard InChI is InChI=1S/C20H24F3N3O/c1-13(2)27-18-9-3-14(4-10-18)15-11-24-19(25-12-15)26-17-7-5-16(6-8-17)20(21,22)23/h3-4,9-13,16-17H,5-8H2,1-2H3,(H,24,25,26). The number of rotatable bonds is 5. The van der Waals surface area contributed by atoms with Gasteiger partial charge in [0.25, 0.3) is 0 Å². The third-order valence-electron chi connectivity index (χ3n) is 4.73. The first-order valence-corrected chi connectivity index (χ1v) is 9.23. The van der Waals surface area contributed by atoms with Gasteiger partial charge in [0.1, 0.15) is 5.75 Å². The van der Waals surface area contributed by atoms with Gasteiger partial charge in [-0.3, -0.25) is 0 Å². The zero-order valence-corrected chi connectivity index (χ0v) is 15.5. The Hall–Kier alpha value is -2.31. The summed E-state index contributed by atoms with van der Waals surface area (Å²) in [6.45, 7) is 3.95. The molecule has 146 valence electrons. The molecule has 1 aliphatic carbocycles. The topological polar surface area (TPSA) is 47.0 Å². The van der Waals surface area contributed by atoms with E-state index in [0.717, 1.165) is 16.9 Å². The van der Waals surface area contributed by atoms with Gasteiger partial charge in [-0.2, -0.15) is 13.2 Å². The van der Waals surface area contributed by atoms with E-state index in [-0.39, 0.29) is 25.0 Å². The normalized spacial score (nSPS) is 20.5. The van der Waals surface area contributed by atoms with Crippen LogP contribution in [0.5, 0.6) is 5.75 Å². The zero-order chi connectivity index (χ0) is 19.4. The number of hydrogen-bond donors (Lipinski definition) is 1. The average Bonchev–Trinajstić information content (AvgIpc) is 2.62. The Morgan fingerprint density at radius 2 is 1.56 bits per heavy atom. The van der Waals surface area contributed by atoms with Crippen LogP contribution in [0, 0.1) is 5.92 Å². The highest BCUT2D eigenvalue weighted by Crippen LogP contribution is 2.38. The summed E-state index contributed by atoms with van der Waals surface area (Å²) in [5.74, 6) is 0.0814. The Labute approximate surface area is 157 Å². The number of ether oxygens (including phenoxy) is 1. The largest absolute Gasteiger partial charge is 0.491 e. The lowest BCUT2D eigenvalue weighted by Gasteiger charge is -2.30. The Bertz CT molecular complexity index is 722. The van der Waals surface area contributed by atoms with Crippen LogP contribution >= 0.6 is 0 Å². The van der Waals surface area contributed by atoms with Crippen molar-refractivity contribution >= 4 is 5.95 Å². The van der Waals surface area contributed by atoms with Gasteiger partial charge in [0.05, 0.1) is 12.0 Å². The van der Waals surface area contributed by atoms with E-state index in [1.165, 1.54) is 0 Å². The lowest BCUT2D eigenvalue weighted by molar-refractivity contribution is -0.182. The highest BCUT2D eigenvalue weighted by atomic mass is 19.4. The summed E-state index contributed by atoms with van der Waals surface area (Å²) in [7, 11) is 0. The van der Waals surface area contributed by atoms with Crippen molar-refractivity contribution in [2.45, 2.75) is 57.9 Å². The summed E-state index contributed by atoms with van der Waals surface area (Å²) in [6.07, 6.45) is 0.742. The zero-order valence-electron chi connectivity index (χ0n) is 15.5. The molecule has 0 atom stereocenters. The van der Waals surface area contributed by atoms with E-state index in [0.29, 0.717) is 18.8 Å². The average molecular weight is 379 g/mol. The molecule has 27 heavy (non-hydrogen) atoms. The van der Waals surface area contributed by atoms with Crippen LogP contribution in [-0.2, 0) is 0 Å². The summed E-state index contributed by atoms with van der Waals surface area (Å²) in [5.41, 5.74) is 1.85. The van der Waals surface area contributed by atoms with Gasteiger partial charge in [0, 0.05) is 24.0 Å². The molecule has 1 saturated carbocycles. The van der Waals surface area contributed by atoms with E-state index >= 15 is 0 Å². The maximum atomic E-state index is 12.7. The number of anilines is 1. The van der Waals surface area contributed by atoms with Crippen LogP contribution in [0.4, 0.5) is 19.1 Å². The van der Waals surface area contributed by atoms with Crippen molar-refractivity contribution in [2.24, 2.45) is 5.92 Å². The first kappa shape index (κ1) is 19.5. The predicted molar refractivity (Wildman–Crippen MR) is 98.7 cm³/mol. The molecular weight excluding hydrogens is 355 g/mol. The predicted octanol–water partition coefficient (Wildman–Crippen LogP) is 5.46. The van der Waals surface area contributed by atoms with Crippen molar-refractivity contribution in [3.63, 3.8) is 0 Å². The highest BCUT2D eigenvalue weighted by Gasteiger charge is 2.41. The molecule has 2 aromatic rings. The molecule has 3 rings (SSSR count). The van der Waals surface area contributed by atoms with Crippen molar-refractivity contribution < 1.29 is 17.9 Å². The monoisotopic (exact) mass is 379 g/mol. The van der Waals surface area contributed by atoms with E-state index in [4.69, 9.17) is 4.74 Å². The molecule has 4 nitrogen and oxygen atoms in total. The minimum absolute atomic E-state index is 0.0121. The lowest BCUT2D eigenvalue weighted by atomic mass is 9.86. The maximum absolute atomic E-state index is 12.7. The molecule has 1 aromatic heterocycles. The molecule has 1 aliphatic rings. The molecule has 1 heterocycles. The van der Waals surface area contributed by atoms with Crippen molar-refractivity contribution in [3.8, 4) is 16.9 Å². The van der Waals surface area contributed by atoms with Gasteiger partial charge >= 0.3 is 6.18 Å². The molecule has 7 heteroatoms. The fraction of sp³-hybridized carbons (Fsp3) is 0.500. The second kappa shape index (κ2) is 8.15. The van der Waals surface area contributed by atoms with Crippen LogP contribution in [0.3, 0.4) is 0 Å². The van der Waals surface area contributed by atoms with E-state index < -0.39 is 12.1 Å². The van der Waals surface area contributed by atoms with Gasteiger partial charge < -0.3 is 10.1 Å². The van der Waals surface area contributed by atoms with E-state index in [9.17, 15) is 13.2 Å². The van der Waals surface area contributed by atoms with Crippen LogP contribution in [0.25, 0.3) is 11.1 Å². The van der Waals surface area contributed by atoms with E-state index in [1.54, 1.807) is 12.4 Å². The number of hydrogen-bond acceptors (Lipinski definition) is 4. The van der Waals surface area contributed by atoms with Crippen LogP contribution in [0.2, 0.25) is 0 Å². The Morgan fingerprint density at radius 1 is 0.963 bits per heavy atom. The number of nitrogens with zero attached hydrogens (tertiary/aromatic N) is 2. The molecule has 1 N–H and O–H groups in total. The lowest BCUT2D eigenvalue weighted by Crippen LogP contribution is -2.33. The number of benzene rings is 1. The summed E-state index contributed by atoms with van der Waals surface area (Å²) < 4.78 is 43.8. The number of alkyl halides is 3. The fourth-order valence-electron chi connectivity index (χ4n) is 3.30. The Kier molecular flexibility index (Phi) is 5.87. The minimum atomic E-state index is -4.08. The number of nitrogens with one attached hydrogen (secondary N) is 1. The SMILES string of the molecule is CC(C)Oc1ccc(-c2cnc(NC3CCC(C(F)(F)F)CC3)nc2)cc1. The van der Waals surface area contributed by atoms with Gasteiger partial charge in [-0.15, -0.1) is 0 Å². The van der Waals surface area contributed by atoms with Crippen LogP contribution in [-0.4, -0.2) is 28.3 Å². The van der Waals surface area contributed by atoms with E-state index in [2.05, 4.69) is 15.3 Å². The van der Waals surface area contributed by atoms with Crippen molar-refractivity contribution in [2.75, 3.05) is 5.32 Å². The molecule has 0 unspecified atom stereocenters. The summed E-state index contributed by atoms with van der Waals surface area (Å²) in [4.78, 5) is 8.62. The third-order valence-corrected chi connectivity index (χ3v) is 4.73. The van der Waals surface area contributed by atoms with Gasteiger partial charge in [-0.1, -0.05) is 12.1 Å². The summed E-state index contributed by atoms with van der Waals surface area (Å²) in [5, 5.41) is 3.15. The Morgan fingerprint density at radius 3 is 2.07 bits per heavy atom. The first-order valence-electron chi connectivity index (χ1n) is 9.23. The Balaban J connectivity index is 1.56. The second-order valence-electron chi connectivity index (χ2n) is 7.22. The number of halogens is 3. The summed E-state index contributed by atoms with van der Waals surface area (Å²) >= 11 is 0. The van der Waals surface area contributed by atoms with Crippen LogP contribution < -0.4 is 10.1 Å². The van der Waals surface area contributed by atoms with Crippen molar-refractivity contribution in [1.29, 1.82) is 0 Å². The van der Waals surface area contributed by atoms with Gasteiger partial charge in [-0.05, 0) is 57.2 Å². The van der Waals surface area contributed by atoms with Gasteiger partial charge in [-0.25, -0.2) is 9.97 Å². The molecular formula is C20H24F3N3O. The quantitative estimate of drug-likeness (QED) is 0.749. The first-order chi connectivity index (χ1) is 12.8. The minimum Gasteiger partial charge on any atom is -0.491 e. The third kappa shape index (κ3) is 5.34. The molecule has 0 radical (unpaired) electrons. The summed E-state index contributed by atoms with van der Waals surface area (Å²) in [6, 6.07) is 7.69. The van der Waals surface area contributed by atoms with Crippen molar-refractivity contribution in [1.82, 2.24) is 9.97 Å². The molecule has 0 bridgehead atoms. The van der Waals surface area contributed by atoms with Gasteiger partial charge in [0.15, 0.2) is 0 Å². The fourth-order valence-corrected chi connectivity index (χ4v) is 3.30. The van der Waals surface area contributed by atoms with E-state index in [1.807, 2.05) is 38.1 Å². The molecule has 0 spiro atoms. The molecule has 1 fully saturated rings. The molecule has 0 amide bonds. The molecule has 0 aliphatic heterocycles. The molecule has 1 aromatic carbocycles. The molecule has 0 saturated heterocycles. The van der Waals surface area contributed by atoms with Crippen molar-refractivity contribution in [3.05, 3.63) is 36.7 Å². The van der Waals surface area contributed by atoms with Gasteiger partial charge in [0.2, 0.25) is 5.95 Å². The number of aromatic nitrogens is 2. The smallest absolute Gasteiger partial charge is 0.391 e. The van der Waals surface area contributed by atoms with Crippen LogP contribution in [0.15, 0.2) is 36.7 Å². The van der Waals surface area contributed by atoms with Crippen LogP contribution in [0.1, 0.15) is 39.5 Å². The highest BCUT2D eigenvalue weighted by molar-refractivity contribution is 5.62. The maximum Gasteiger partial charge on any atom is 0.391 e.